The average molecular weight is 352 g/mol. The second-order valence-corrected chi connectivity index (χ2v) is 5.38. The number of pyridine rings is 1. The fourth-order valence-electron chi connectivity index (χ4n) is 1.44. The summed E-state index contributed by atoms with van der Waals surface area (Å²) >= 11 is 30.1. The van der Waals surface area contributed by atoms with Gasteiger partial charge in [-0.2, -0.15) is 5.26 Å². The zero-order valence-corrected chi connectivity index (χ0v) is 12.8. The molecule has 0 N–H and O–H groups in total. The monoisotopic (exact) mass is 350 g/mol. The van der Waals surface area contributed by atoms with Crippen molar-refractivity contribution in [2.45, 2.75) is 0 Å². The van der Waals surface area contributed by atoms with Crippen molar-refractivity contribution in [2.75, 3.05) is 0 Å². The largest absolute Gasteiger partial charge is 0.255 e. The van der Waals surface area contributed by atoms with Crippen LogP contribution in [-0.4, -0.2) is 4.98 Å². The summed E-state index contributed by atoms with van der Waals surface area (Å²) in [5, 5.41) is 9.37. The van der Waals surface area contributed by atoms with E-state index in [0.29, 0.717) is 16.8 Å². The molecule has 0 saturated heterocycles. The van der Waals surface area contributed by atoms with Gasteiger partial charge in [0.1, 0.15) is 6.07 Å². The van der Waals surface area contributed by atoms with E-state index in [0.717, 1.165) is 0 Å². The highest BCUT2D eigenvalue weighted by Gasteiger charge is 2.21. The van der Waals surface area contributed by atoms with Gasteiger partial charge in [-0.1, -0.05) is 58.0 Å². The Morgan fingerprint density at radius 2 is 1.37 bits per heavy atom. The molecule has 0 fully saturated rings. The number of rotatable bonds is 1. The van der Waals surface area contributed by atoms with Crippen LogP contribution >= 0.6 is 58.0 Å². The third kappa shape index (κ3) is 2.63. The summed E-state index contributed by atoms with van der Waals surface area (Å²) in [5.41, 5.74) is 1.25. The first-order valence-corrected chi connectivity index (χ1v) is 6.74. The third-order valence-electron chi connectivity index (χ3n) is 2.36. The van der Waals surface area contributed by atoms with Crippen molar-refractivity contribution in [3.8, 4) is 17.3 Å². The van der Waals surface area contributed by atoms with Gasteiger partial charge in [0.15, 0.2) is 0 Å². The van der Waals surface area contributed by atoms with E-state index in [2.05, 4.69) is 4.98 Å². The molecule has 7 heteroatoms. The normalized spacial score (nSPS) is 10.3. The summed E-state index contributed by atoms with van der Waals surface area (Å²) in [4.78, 5) is 4.10. The summed E-state index contributed by atoms with van der Waals surface area (Å²) in [6.45, 7) is 0. The Morgan fingerprint density at radius 1 is 0.842 bits per heavy atom. The molecule has 0 atom stereocenters. The minimum Gasteiger partial charge on any atom is -0.255 e. The molecule has 1 aromatic carbocycles. The number of hydrogen-bond acceptors (Lipinski definition) is 2. The molecule has 0 spiro atoms. The standard InChI is InChI=1S/C12H3Cl5N2/c13-8-7(6-2-1-5(3-18)4-19-6)9(14)11(16)12(17)10(8)15/h1-2,4H. The zero-order chi connectivity index (χ0) is 14.2. The Hall–Kier alpha value is -0.690. The van der Waals surface area contributed by atoms with Crippen LogP contribution in [0.1, 0.15) is 5.56 Å². The lowest BCUT2D eigenvalue weighted by Gasteiger charge is -2.11. The molecule has 0 unspecified atom stereocenters. The van der Waals surface area contributed by atoms with Crippen LogP contribution < -0.4 is 0 Å². The van der Waals surface area contributed by atoms with E-state index in [-0.39, 0.29) is 25.1 Å². The summed E-state index contributed by atoms with van der Waals surface area (Å²) in [6, 6.07) is 5.16. The van der Waals surface area contributed by atoms with Crippen LogP contribution in [0.25, 0.3) is 11.3 Å². The lowest BCUT2D eigenvalue weighted by atomic mass is 10.1. The van der Waals surface area contributed by atoms with Crippen molar-refractivity contribution in [3.63, 3.8) is 0 Å². The fraction of sp³-hybridized carbons (Fsp3) is 0. The van der Waals surface area contributed by atoms with Crippen LogP contribution in [-0.2, 0) is 0 Å². The quantitative estimate of drug-likeness (QED) is 0.474. The van der Waals surface area contributed by atoms with Crippen LogP contribution in [0.4, 0.5) is 0 Å². The van der Waals surface area contributed by atoms with Crippen LogP contribution in [0.15, 0.2) is 18.3 Å². The molecule has 0 aliphatic carbocycles. The molecular weight excluding hydrogens is 349 g/mol. The van der Waals surface area contributed by atoms with Crippen molar-refractivity contribution in [2.24, 2.45) is 0 Å². The Morgan fingerprint density at radius 3 is 1.79 bits per heavy atom. The van der Waals surface area contributed by atoms with Crippen molar-refractivity contribution in [3.05, 3.63) is 49.0 Å². The maximum Gasteiger partial charge on any atom is 0.101 e. The second kappa shape index (κ2) is 5.75. The van der Waals surface area contributed by atoms with Crippen molar-refractivity contribution < 1.29 is 0 Å². The van der Waals surface area contributed by atoms with Crippen LogP contribution in [0.3, 0.4) is 0 Å². The number of nitrogens with zero attached hydrogens (tertiary/aromatic N) is 2. The number of benzene rings is 1. The van der Waals surface area contributed by atoms with Crippen LogP contribution in [0.2, 0.25) is 25.1 Å². The summed E-state index contributed by atoms with van der Waals surface area (Å²) < 4.78 is 0. The van der Waals surface area contributed by atoms with Crippen LogP contribution in [0.5, 0.6) is 0 Å². The predicted octanol–water partition coefficient (Wildman–Crippen LogP) is 5.89. The highest BCUT2D eigenvalue weighted by atomic mass is 35.5. The maximum atomic E-state index is 8.73. The zero-order valence-electron chi connectivity index (χ0n) is 9.02. The smallest absolute Gasteiger partial charge is 0.101 e. The molecule has 96 valence electrons. The van der Waals surface area contributed by atoms with Crippen molar-refractivity contribution >= 4 is 58.0 Å². The van der Waals surface area contributed by atoms with Crippen molar-refractivity contribution in [1.29, 1.82) is 5.26 Å². The summed E-state index contributed by atoms with van der Waals surface area (Å²) in [5.74, 6) is 0. The first kappa shape index (κ1) is 14.7. The van der Waals surface area contributed by atoms with Gasteiger partial charge in [0.2, 0.25) is 0 Å². The van der Waals surface area contributed by atoms with E-state index in [1.165, 1.54) is 6.20 Å². The first-order valence-electron chi connectivity index (χ1n) is 4.85. The second-order valence-electron chi connectivity index (χ2n) is 3.49. The molecule has 2 aromatic rings. The van der Waals surface area contributed by atoms with E-state index in [9.17, 15) is 0 Å². The summed E-state index contributed by atoms with van der Waals surface area (Å²) in [6.07, 6.45) is 1.40. The van der Waals surface area contributed by atoms with Gasteiger partial charge in [-0.25, -0.2) is 0 Å². The minimum absolute atomic E-state index is 0.0933. The molecule has 0 aliphatic rings. The number of hydrogen-bond donors (Lipinski definition) is 0. The molecular formula is C12H3Cl5N2. The van der Waals surface area contributed by atoms with Crippen molar-refractivity contribution in [1.82, 2.24) is 4.98 Å². The molecule has 0 saturated carbocycles. The molecule has 2 rings (SSSR count). The van der Waals surface area contributed by atoms with E-state index < -0.39 is 0 Å². The maximum absolute atomic E-state index is 8.73. The third-order valence-corrected chi connectivity index (χ3v) is 4.64. The van der Waals surface area contributed by atoms with E-state index >= 15 is 0 Å². The van der Waals surface area contributed by atoms with E-state index in [4.69, 9.17) is 63.3 Å². The molecule has 1 heterocycles. The molecule has 2 nitrogen and oxygen atoms in total. The SMILES string of the molecule is N#Cc1ccc(-c2c(Cl)c(Cl)c(Cl)c(Cl)c2Cl)nc1. The topological polar surface area (TPSA) is 36.7 Å². The van der Waals surface area contributed by atoms with Gasteiger partial charge >= 0.3 is 0 Å². The van der Waals surface area contributed by atoms with Gasteiger partial charge in [0.25, 0.3) is 0 Å². The van der Waals surface area contributed by atoms with E-state index in [1.807, 2.05) is 6.07 Å². The highest BCUT2D eigenvalue weighted by molar-refractivity contribution is 6.56. The number of nitriles is 1. The lowest BCUT2D eigenvalue weighted by Crippen LogP contribution is -1.90. The lowest BCUT2D eigenvalue weighted by molar-refractivity contribution is 1.30. The van der Waals surface area contributed by atoms with Gasteiger partial charge in [-0.3, -0.25) is 4.98 Å². The molecule has 1 aromatic heterocycles. The Bertz CT molecular complexity index is 660. The van der Waals surface area contributed by atoms with Gasteiger partial charge in [0.05, 0.1) is 36.4 Å². The molecule has 0 radical (unpaired) electrons. The average Bonchev–Trinajstić information content (AvgIpc) is 2.44. The van der Waals surface area contributed by atoms with Gasteiger partial charge in [-0.05, 0) is 12.1 Å². The first-order chi connectivity index (χ1) is 8.97. The van der Waals surface area contributed by atoms with E-state index in [1.54, 1.807) is 12.1 Å². The Labute approximate surface area is 134 Å². The number of aromatic nitrogens is 1. The highest BCUT2D eigenvalue weighted by Crippen LogP contribution is 2.47. The minimum atomic E-state index is 0.0933. The van der Waals surface area contributed by atoms with Gasteiger partial charge < -0.3 is 0 Å². The molecule has 0 bridgehead atoms. The van der Waals surface area contributed by atoms with Crippen LogP contribution in [0, 0.1) is 11.3 Å². The Balaban J connectivity index is 2.72. The summed E-state index contributed by atoms with van der Waals surface area (Å²) in [7, 11) is 0. The fourth-order valence-corrected chi connectivity index (χ4v) is 2.77. The Kier molecular flexibility index (Phi) is 4.45. The molecule has 0 aliphatic heterocycles. The molecule has 19 heavy (non-hydrogen) atoms. The van der Waals surface area contributed by atoms with Gasteiger partial charge in [-0.15, -0.1) is 0 Å². The number of halogens is 5. The van der Waals surface area contributed by atoms with Gasteiger partial charge in [0, 0.05) is 11.8 Å². The molecule has 0 amide bonds. The predicted molar refractivity (Wildman–Crippen MR) is 79.4 cm³/mol.